The highest BCUT2D eigenvalue weighted by Gasteiger charge is 2.10. The van der Waals surface area contributed by atoms with Gasteiger partial charge in [-0.05, 0) is 17.7 Å². The van der Waals surface area contributed by atoms with Gasteiger partial charge in [0.1, 0.15) is 0 Å². The molecule has 0 bridgehead atoms. The summed E-state index contributed by atoms with van der Waals surface area (Å²) in [7, 11) is 1.29. The van der Waals surface area contributed by atoms with Gasteiger partial charge < -0.3 is 9.47 Å². The molecule has 5 nitrogen and oxygen atoms in total. The van der Waals surface area contributed by atoms with Crippen LogP contribution in [0, 0.1) is 10.1 Å². The van der Waals surface area contributed by atoms with Crippen molar-refractivity contribution < 1.29 is 23.2 Å². The number of benzene rings is 1. The van der Waals surface area contributed by atoms with Crippen LogP contribution in [0.15, 0.2) is 24.4 Å². The van der Waals surface area contributed by atoms with Crippen molar-refractivity contribution in [3.05, 3.63) is 40.1 Å². The van der Waals surface area contributed by atoms with Gasteiger partial charge in [-0.25, -0.2) is 0 Å². The van der Waals surface area contributed by atoms with E-state index < -0.39 is 11.5 Å². The highest BCUT2D eigenvalue weighted by atomic mass is 19.3. The predicted octanol–water partition coefficient (Wildman–Crippen LogP) is 2.54. The lowest BCUT2D eigenvalue weighted by Gasteiger charge is -2.09. The Morgan fingerprint density at radius 1 is 1.41 bits per heavy atom. The smallest absolute Gasteiger partial charge is 0.387 e. The molecular formula is C10H9F2NO4. The van der Waals surface area contributed by atoms with Gasteiger partial charge in [0, 0.05) is 6.08 Å². The lowest BCUT2D eigenvalue weighted by Crippen LogP contribution is -2.03. The van der Waals surface area contributed by atoms with Crippen molar-refractivity contribution in [3.63, 3.8) is 0 Å². The van der Waals surface area contributed by atoms with E-state index in [1.165, 1.54) is 31.4 Å². The second-order valence-electron chi connectivity index (χ2n) is 2.89. The molecule has 0 spiro atoms. The van der Waals surface area contributed by atoms with Gasteiger partial charge in [0.25, 0.3) is 0 Å². The molecule has 0 aromatic heterocycles. The standard InChI is InChI=1S/C10H9F2NO4/c1-16-9-6-7(4-5-13(14)15)2-3-8(9)17-10(11)12/h2-6,10H,1H3/b5-4+. The van der Waals surface area contributed by atoms with Crippen LogP contribution in [0.4, 0.5) is 8.78 Å². The summed E-state index contributed by atoms with van der Waals surface area (Å²) in [4.78, 5) is 9.47. The van der Waals surface area contributed by atoms with Gasteiger partial charge in [0.05, 0.1) is 12.0 Å². The average Bonchev–Trinajstić information content (AvgIpc) is 2.26. The first-order chi connectivity index (χ1) is 8.02. The molecule has 1 rings (SSSR count). The number of nitro groups is 1. The van der Waals surface area contributed by atoms with Gasteiger partial charge in [0.2, 0.25) is 6.20 Å². The Balaban J connectivity index is 2.95. The highest BCUT2D eigenvalue weighted by molar-refractivity contribution is 5.55. The van der Waals surface area contributed by atoms with E-state index in [1.807, 2.05) is 0 Å². The molecule has 0 heterocycles. The Kier molecular flexibility index (Phi) is 4.38. The summed E-state index contributed by atoms with van der Waals surface area (Å²) in [6.07, 6.45) is 1.96. The molecule has 0 fully saturated rings. The van der Waals surface area contributed by atoms with Crippen LogP contribution >= 0.6 is 0 Å². The molecule has 0 amide bonds. The van der Waals surface area contributed by atoms with Crippen LogP contribution in [0.1, 0.15) is 5.56 Å². The molecule has 7 heteroatoms. The molecule has 1 aromatic carbocycles. The quantitative estimate of drug-likeness (QED) is 0.590. The third-order valence-corrected chi connectivity index (χ3v) is 1.79. The number of nitrogens with zero attached hydrogens (tertiary/aromatic N) is 1. The van der Waals surface area contributed by atoms with Crippen LogP contribution in [0.3, 0.4) is 0 Å². The first-order valence-corrected chi connectivity index (χ1v) is 4.47. The minimum Gasteiger partial charge on any atom is -0.493 e. The molecule has 17 heavy (non-hydrogen) atoms. The van der Waals surface area contributed by atoms with E-state index >= 15 is 0 Å². The SMILES string of the molecule is COc1cc(/C=C/[N+](=O)[O-])ccc1OC(F)F. The molecule has 0 saturated carbocycles. The van der Waals surface area contributed by atoms with E-state index in [9.17, 15) is 18.9 Å². The fraction of sp³-hybridized carbons (Fsp3) is 0.200. The zero-order chi connectivity index (χ0) is 12.8. The number of methoxy groups -OCH3 is 1. The third kappa shape index (κ3) is 4.06. The highest BCUT2D eigenvalue weighted by Crippen LogP contribution is 2.29. The number of ether oxygens (including phenoxy) is 2. The summed E-state index contributed by atoms with van der Waals surface area (Å²) in [5.74, 6) is -0.0449. The van der Waals surface area contributed by atoms with E-state index in [1.54, 1.807) is 0 Å². The fourth-order valence-corrected chi connectivity index (χ4v) is 1.13. The molecule has 0 aliphatic rings. The van der Waals surface area contributed by atoms with Crippen molar-refractivity contribution in [3.8, 4) is 11.5 Å². The molecular weight excluding hydrogens is 236 g/mol. The van der Waals surface area contributed by atoms with Crippen molar-refractivity contribution in [2.75, 3.05) is 7.11 Å². The van der Waals surface area contributed by atoms with Gasteiger partial charge in [-0.15, -0.1) is 0 Å². The van der Waals surface area contributed by atoms with E-state index in [4.69, 9.17) is 4.74 Å². The molecule has 0 N–H and O–H groups in total. The maximum atomic E-state index is 12.0. The van der Waals surface area contributed by atoms with Crippen molar-refractivity contribution in [2.24, 2.45) is 0 Å². The van der Waals surface area contributed by atoms with Crippen LogP contribution < -0.4 is 9.47 Å². The Bertz CT molecular complexity index is 434. The van der Waals surface area contributed by atoms with Gasteiger partial charge >= 0.3 is 6.61 Å². The topological polar surface area (TPSA) is 61.6 Å². The van der Waals surface area contributed by atoms with Crippen LogP contribution in [0.5, 0.6) is 11.5 Å². The Morgan fingerprint density at radius 2 is 2.12 bits per heavy atom. The summed E-state index contributed by atoms with van der Waals surface area (Å²) < 4.78 is 33.1. The minimum absolute atomic E-state index is 0.0794. The van der Waals surface area contributed by atoms with Gasteiger partial charge in [-0.3, -0.25) is 10.1 Å². The molecule has 0 aliphatic heterocycles. The monoisotopic (exact) mass is 245 g/mol. The number of hydrogen-bond donors (Lipinski definition) is 0. The van der Waals surface area contributed by atoms with Gasteiger partial charge in [-0.1, -0.05) is 6.07 Å². The lowest BCUT2D eigenvalue weighted by molar-refractivity contribution is -0.400. The van der Waals surface area contributed by atoms with E-state index in [0.29, 0.717) is 5.56 Å². The number of halogens is 2. The molecule has 0 atom stereocenters. The first-order valence-electron chi connectivity index (χ1n) is 4.47. The minimum atomic E-state index is -2.95. The van der Waals surface area contributed by atoms with Crippen molar-refractivity contribution in [2.45, 2.75) is 6.61 Å². The Labute approximate surface area is 95.4 Å². The molecule has 0 saturated heterocycles. The van der Waals surface area contributed by atoms with Crippen LogP contribution in [0.25, 0.3) is 6.08 Å². The van der Waals surface area contributed by atoms with Crippen molar-refractivity contribution in [1.29, 1.82) is 0 Å². The third-order valence-electron chi connectivity index (χ3n) is 1.79. The molecule has 92 valence electrons. The van der Waals surface area contributed by atoms with E-state index in [-0.39, 0.29) is 11.5 Å². The van der Waals surface area contributed by atoms with Crippen LogP contribution in [-0.2, 0) is 0 Å². The predicted molar refractivity (Wildman–Crippen MR) is 55.7 cm³/mol. The first kappa shape index (κ1) is 12.9. The van der Waals surface area contributed by atoms with Gasteiger partial charge in [-0.2, -0.15) is 8.78 Å². The summed E-state index contributed by atoms with van der Waals surface area (Å²) in [5.41, 5.74) is 0.445. The summed E-state index contributed by atoms with van der Waals surface area (Å²) >= 11 is 0. The fourth-order valence-electron chi connectivity index (χ4n) is 1.13. The maximum absolute atomic E-state index is 12.0. The van der Waals surface area contributed by atoms with E-state index in [0.717, 1.165) is 6.20 Å². The second kappa shape index (κ2) is 5.78. The van der Waals surface area contributed by atoms with Crippen molar-refractivity contribution >= 4 is 6.08 Å². The van der Waals surface area contributed by atoms with Crippen LogP contribution in [-0.4, -0.2) is 18.6 Å². The summed E-state index contributed by atoms with van der Waals surface area (Å²) in [6, 6.07) is 4.02. The zero-order valence-corrected chi connectivity index (χ0v) is 8.80. The summed E-state index contributed by atoms with van der Waals surface area (Å²) in [5, 5.41) is 10.1. The van der Waals surface area contributed by atoms with Crippen LogP contribution in [0.2, 0.25) is 0 Å². The molecule has 0 radical (unpaired) electrons. The zero-order valence-electron chi connectivity index (χ0n) is 8.80. The normalized spacial score (nSPS) is 10.8. The molecule has 0 aliphatic carbocycles. The number of alkyl halides is 2. The average molecular weight is 245 g/mol. The lowest BCUT2D eigenvalue weighted by atomic mass is 10.2. The summed E-state index contributed by atoms with van der Waals surface area (Å²) in [6.45, 7) is -2.95. The molecule has 0 unspecified atom stereocenters. The second-order valence-corrected chi connectivity index (χ2v) is 2.89. The number of hydrogen-bond acceptors (Lipinski definition) is 4. The van der Waals surface area contributed by atoms with Gasteiger partial charge in [0.15, 0.2) is 11.5 Å². The largest absolute Gasteiger partial charge is 0.493 e. The van der Waals surface area contributed by atoms with Crippen molar-refractivity contribution in [1.82, 2.24) is 0 Å². The molecule has 1 aromatic rings. The Hall–Kier alpha value is -2.18. The van der Waals surface area contributed by atoms with E-state index in [2.05, 4.69) is 4.74 Å². The maximum Gasteiger partial charge on any atom is 0.387 e. The Morgan fingerprint density at radius 3 is 2.65 bits per heavy atom. The number of rotatable bonds is 5.